The standard InChI is InChI=1S/C8H7NO4.K/c1-5-3-2-4-6(8(10)11)7(5)9(12)13;/h2-4H,1H3,(H,10,11);/q;+1/p-1. The Balaban J connectivity index is 0.00000169. The van der Waals surface area contributed by atoms with Crippen LogP contribution in [0.1, 0.15) is 15.9 Å². The number of carboxylic acid groups (broad SMARTS) is 1. The molecule has 0 amide bonds. The molecule has 0 radical (unpaired) electrons. The molecule has 5 nitrogen and oxygen atoms in total. The monoisotopic (exact) mass is 219 g/mol. The second kappa shape index (κ2) is 5.57. The number of hydrogen-bond donors (Lipinski definition) is 0. The summed E-state index contributed by atoms with van der Waals surface area (Å²) in [5, 5.41) is 20.9. The molecule has 68 valence electrons. The molecular formula is C8H6KNO4. The number of nitro benzene ring substituents is 1. The molecule has 0 saturated carbocycles. The number of carboxylic acids is 1. The molecule has 0 N–H and O–H groups in total. The number of aromatic carboxylic acids is 1. The third-order valence-electron chi connectivity index (χ3n) is 1.64. The van der Waals surface area contributed by atoms with Gasteiger partial charge in [0.2, 0.25) is 0 Å². The van der Waals surface area contributed by atoms with Crippen LogP contribution in [0.3, 0.4) is 0 Å². The minimum Gasteiger partial charge on any atom is -0.545 e. The maximum absolute atomic E-state index is 10.5. The molecule has 0 unspecified atom stereocenters. The van der Waals surface area contributed by atoms with E-state index in [-0.39, 0.29) is 56.9 Å². The molecule has 0 aliphatic carbocycles. The fourth-order valence-electron chi connectivity index (χ4n) is 1.07. The van der Waals surface area contributed by atoms with E-state index in [0.29, 0.717) is 5.56 Å². The molecule has 1 aromatic rings. The summed E-state index contributed by atoms with van der Waals surface area (Å²) in [5.41, 5.74) is -0.473. The molecule has 1 rings (SSSR count). The zero-order valence-corrected chi connectivity index (χ0v) is 10.9. The van der Waals surface area contributed by atoms with Crippen LogP contribution in [0.25, 0.3) is 0 Å². The van der Waals surface area contributed by atoms with Crippen LogP contribution in [0.2, 0.25) is 0 Å². The summed E-state index contributed by atoms with van der Waals surface area (Å²) in [5.74, 6) is -1.53. The Morgan fingerprint density at radius 2 is 2.00 bits per heavy atom. The molecular weight excluding hydrogens is 213 g/mol. The first-order valence-corrected chi connectivity index (χ1v) is 3.49. The van der Waals surface area contributed by atoms with Crippen molar-refractivity contribution in [2.24, 2.45) is 0 Å². The van der Waals surface area contributed by atoms with Crippen molar-refractivity contribution in [3.8, 4) is 0 Å². The van der Waals surface area contributed by atoms with Crippen molar-refractivity contribution < 1.29 is 66.2 Å². The van der Waals surface area contributed by atoms with Gasteiger partial charge in [0, 0.05) is 5.56 Å². The van der Waals surface area contributed by atoms with E-state index in [4.69, 9.17) is 0 Å². The number of rotatable bonds is 2. The van der Waals surface area contributed by atoms with Crippen molar-refractivity contribution in [1.29, 1.82) is 0 Å². The van der Waals surface area contributed by atoms with Crippen LogP contribution < -0.4 is 56.5 Å². The maximum Gasteiger partial charge on any atom is 1.00 e. The predicted molar refractivity (Wildman–Crippen MR) is 42.2 cm³/mol. The molecule has 1 aromatic carbocycles. The third kappa shape index (κ3) is 2.86. The van der Waals surface area contributed by atoms with Gasteiger partial charge in [-0.25, -0.2) is 0 Å². The molecule has 0 heterocycles. The molecule has 0 atom stereocenters. The first-order valence-electron chi connectivity index (χ1n) is 3.49. The molecule has 0 saturated heterocycles. The van der Waals surface area contributed by atoms with Gasteiger partial charge in [-0.05, 0) is 13.0 Å². The molecule has 0 aromatic heterocycles. The average Bonchev–Trinajstić information content (AvgIpc) is 2.02. The van der Waals surface area contributed by atoms with Crippen LogP contribution in [-0.2, 0) is 0 Å². The second-order valence-electron chi connectivity index (χ2n) is 2.52. The Bertz CT molecular complexity index is 378. The Hall–Kier alpha value is -0.274. The molecule has 0 bridgehead atoms. The summed E-state index contributed by atoms with van der Waals surface area (Å²) in [4.78, 5) is 20.2. The number of benzene rings is 1. The van der Waals surface area contributed by atoms with Crippen LogP contribution in [0.4, 0.5) is 5.69 Å². The Labute approximate surface area is 123 Å². The normalized spacial score (nSPS) is 8.93. The van der Waals surface area contributed by atoms with E-state index in [1.54, 1.807) is 0 Å². The van der Waals surface area contributed by atoms with Crippen LogP contribution in [0.15, 0.2) is 18.2 Å². The van der Waals surface area contributed by atoms with Crippen molar-refractivity contribution in [3.05, 3.63) is 39.4 Å². The van der Waals surface area contributed by atoms with Gasteiger partial charge >= 0.3 is 51.4 Å². The molecule has 0 spiro atoms. The van der Waals surface area contributed by atoms with Crippen LogP contribution >= 0.6 is 0 Å². The third-order valence-corrected chi connectivity index (χ3v) is 1.64. The van der Waals surface area contributed by atoms with E-state index < -0.39 is 16.6 Å². The van der Waals surface area contributed by atoms with Gasteiger partial charge in [-0.2, -0.15) is 0 Å². The van der Waals surface area contributed by atoms with Crippen molar-refractivity contribution in [1.82, 2.24) is 0 Å². The fraction of sp³-hybridized carbons (Fsp3) is 0.125. The van der Waals surface area contributed by atoms with E-state index in [0.717, 1.165) is 6.07 Å². The second-order valence-corrected chi connectivity index (χ2v) is 2.52. The summed E-state index contributed by atoms with van der Waals surface area (Å²) >= 11 is 0. The van der Waals surface area contributed by atoms with E-state index in [1.165, 1.54) is 19.1 Å². The first kappa shape index (κ1) is 13.7. The fourth-order valence-corrected chi connectivity index (χ4v) is 1.07. The van der Waals surface area contributed by atoms with Crippen LogP contribution in [-0.4, -0.2) is 10.9 Å². The molecule has 6 heteroatoms. The Kier molecular flexibility index (Phi) is 5.46. The molecule has 14 heavy (non-hydrogen) atoms. The average molecular weight is 219 g/mol. The molecule has 0 aliphatic rings. The summed E-state index contributed by atoms with van der Waals surface area (Å²) in [7, 11) is 0. The van der Waals surface area contributed by atoms with Gasteiger partial charge in [-0.1, -0.05) is 12.1 Å². The van der Waals surface area contributed by atoms with Crippen LogP contribution in [0.5, 0.6) is 0 Å². The van der Waals surface area contributed by atoms with Crippen molar-refractivity contribution >= 4 is 11.7 Å². The number of aryl methyl sites for hydroxylation is 1. The number of nitrogens with zero attached hydrogens (tertiary/aromatic N) is 1. The summed E-state index contributed by atoms with van der Waals surface area (Å²) in [6.07, 6.45) is 0. The number of nitro groups is 1. The zero-order valence-electron chi connectivity index (χ0n) is 7.81. The summed E-state index contributed by atoms with van der Waals surface area (Å²) < 4.78 is 0. The van der Waals surface area contributed by atoms with E-state index in [2.05, 4.69) is 0 Å². The van der Waals surface area contributed by atoms with E-state index in [1.807, 2.05) is 0 Å². The SMILES string of the molecule is Cc1cccc(C(=O)[O-])c1[N+](=O)[O-].[K+]. The topological polar surface area (TPSA) is 83.3 Å². The number of hydrogen-bond acceptors (Lipinski definition) is 4. The van der Waals surface area contributed by atoms with Crippen molar-refractivity contribution in [3.63, 3.8) is 0 Å². The van der Waals surface area contributed by atoms with Gasteiger partial charge in [0.05, 0.1) is 16.5 Å². The summed E-state index contributed by atoms with van der Waals surface area (Å²) in [6, 6.07) is 4.07. The van der Waals surface area contributed by atoms with Crippen LogP contribution in [0, 0.1) is 17.0 Å². The largest absolute Gasteiger partial charge is 1.00 e. The van der Waals surface area contributed by atoms with Crippen molar-refractivity contribution in [2.75, 3.05) is 0 Å². The Morgan fingerprint density at radius 3 is 2.36 bits per heavy atom. The summed E-state index contributed by atoms with van der Waals surface area (Å²) in [6.45, 7) is 1.48. The van der Waals surface area contributed by atoms with Gasteiger partial charge < -0.3 is 9.90 Å². The predicted octanol–water partition coefficient (Wildman–Crippen LogP) is -2.73. The first-order chi connectivity index (χ1) is 6.04. The molecule has 0 aliphatic heterocycles. The molecule has 0 fully saturated rings. The minimum absolute atomic E-state index is 0. The van der Waals surface area contributed by atoms with Gasteiger partial charge in [0.1, 0.15) is 0 Å². The quantitative estimate of drug-likeness (QED) is 0.307. The van der Waals surface area contributed by atoms with E-state index in [9.17, 15) is 20.0 Å². The minimum atomic E-state index is -1.53. The van der Waals surface area contributed by atoms with E-state index >= 15 is 0 Å². The Morgan fingerprint density at radius 1 is 1.43 bits per heavy atom. The van der Waals surface area contributed by atoms with Gasteiger partial charge in [0.25, 0.3) is 5.69 Å². The number of para-hydroxylation sites is 1. The van der Waals surface area contributed by atoms with Crippen molar-refractivity contribution in [2.45, 2.75) is 6.92 Å². The number of carbonyl (C=O) groups is 1. The zero-order chi connectivity index (χ0) is 10.0. The maximum atomic E-state index is 10.5. The van der Waals surface area contributed by atoms with Gasteiger partial charge in [0.15, 0.2) is 0 Å². The smallest absolute Gasteiger partial charge is 0.545 e. The van der Waals surface area contributed by atoms with Gasteiger partial charge in [-0.3, -0.25) is 10.1 Å². The van der Waals surface area contributed by atoms with Gasteiger partial charge in [-0.15, -0.1) is 0 Å². The number of carbonyl (C=O) groups excluding carboxylic acids is 1.